The van der Waals surface area contributed by atoms with E-state index in [2.05, 4.69) is 132 Å². The van der Waals surface area contributed by atoms with Crippen LogP contribution in [0.4, 0.5) is 0 Å². The van der Waals surface area contributed by atoms with E-state index < -0.39 is 0 Å². The van der Waals surface area contributed by atoms with Crippen LogP contribution in [0.2, 0.25) is 0 Å². The highest BCUT2D eigenvalue weighted by Gasteiger charge is 2.22. The molecular formula is C42H25N3O. The van der Waals surface area contributed by atoms with Gasteiger partial charge in [0, 0.05) is 27.1 Å². The molecule has 0 aliphatic heterocycles. The number of rotatable bonds is 3. The molecule has 0 saturated carbocycles. The van der Waals surface area contributed by atoms with Crippen LogP contribution in [0.15, 0.2) is 156 Å². The molecule has 0 amide bonds. The van der Waals surface area contributed by atoms with Crippen molar-refractivity contribution in [2.45, 2.75) is 0 Å². The predicted molar refractivity (Wildman–Crippen MR) is 190 cm³/mol. The SMILES string of the molecule is c1ccc(-c2ccc(-c3nc(-n4c5ccc6ccccc6c5c5ccc6ccccc6c54)nc4c3oc3ccccc34)cc2)cc1. The number of hydrogen-bond acceptors (Lipinski definition) is 3. The zero-order chi connectivity index (χ0) is 30.2. The maximum Gasteiger partial charge on any atom is 0.236 e. The summed E-state index contributed by atoms with van der Waals surface area (Å²) in [6.07, 6.45) is 0. The van der Waals surface area contributed by atoms with Crippen LogP contribution in [-0.2, 0) is 0 Å². The number of hydrogen-bond donors (Lipinski definition) is 0. The number of fused-ring (bicyclic) bond motifs is 10. The lowest BCUT2D eigenvalue weighted by atomic mass is 10.0. The highest BCUT2D eigenvalue weighted by atomic mass is 16.3. The summed E-state index contributed by atoms with van der Waals surface area (Å²) in [6, 6.07) is 53.2. The van der Waals surface area contributed by atoms with E-state index in [1.54, 1.807) is 0 Å². The van der Waals surface area contributed by atoms with Crippen molar-refractivity contribution in [3.8, 4) is 28.3 Å². The monoisotopic (exact) mass is 587 g/mol. The topological polar surface area (TPSA) is 43.9 Å². The van der Waals surface area contributed by atoms with E-state index in [0.717, 1.165) is 49.7 Å². The predicted octanol–water partition coefficient (Wildman–Crippen LogP) is 11.1. The summed E-state index contributed by atoms with van der Waals surface area (Å²) in [6.45, 7) is 0. The average Bonchev–Trinajstić information content (AvgIpc) is 3.68. The van der Waals surface area contributed by atoms with Gasteiger partial charge in [-0.3, -0.25) is 4.57 Å². The molecule has 10 rings (SSSR count). The molecule has 0 atom stereocenters. The molecule has 0 unspecified atom stereocenters. The third kappa shape index (κ3) is 3.61. The van der Waals surface area contributed by atoms with Gasteiger partial charge in [-0.1, -0.05) is 133 Å². The summed E-state index contributed by atoms with van der Waals surface area (Å²) in [7, 11) is 0. The fourth-order valence-corrected chi connectivity index (χ4v) is 7.08. The molecule has 0 aliphatic rings. The van der Waals surface area contributed by atoms with E-state index in [1.165, 1.54) is 32.5 Å². The van der Waals surface area contributed by atoms with Gasteiger partial charge in [-0.2, -0.15) is 0 Å². The van der Waals surface area contributed by atoms with Crippen molar-refractivity contribution in [1.82, 2.24) is 14.5 Å². The molecule has 4 heteroatoms. The number of aromatic nitrogens is 3. The maximum absolute atomic E-state index is 6.49. The maximum atomic E-state index is 6.49. The van der Waals surface area contributed by atoms with Gasteiger partial charge in [-0.05, 0) is 45.5 Å². The highest BCUT2D eigenvalue weighted by molar-refractivity contribution is 6.26. The summed E-state index contributed by atoms with van der Waals surface area (Å²) < 4.78 is 8.75. The lowest BCUT2D eigenvalue weighted by molar-refractivity contribution is 0.666. The van der Waals surface area contributed by atoms with Crippen LogP contribution in [0.25, 0.3) is 93.8 Å². The second-order valence-electron chi connectivity index (χ2n) is 11.8. The Balaban J connectivity index is 1.33. The number of para-hydroxylation sites is 1. The molecule has 214 valence electrons. The van der Waals surface area contributed by atoms with Crippen molar-refractivity contribution in [3.05, 3.63) is 152 Å². The van der Waals surface area contributed by atoms with Crippen LogP contribution in [0.3, 0.4) is 0 Å². The quantitative estimate of drug-likeness (QED) is 0.207. The molecule has 3 heterocycles. The van der Waals surface area contributed by atoms with E-state index in [1.807, 2.05) is 24.3 Å². The molecule has 0 saturated heterocycles. The van der Waals surface area contributed by atoms with Crippen LogP contribution < -0.4 is 0 Å². The summed E-state index contributed by atoms with van der Waals surface area (Å²) in [5.41, 5.74) is 8.53. The first-order valence-electron chi connectivity index (χ1n) is 15.5. The second-order valence-corrected chi connectivity index (χ2v) is 11.8. The van der Waals surface area contributed by atoms with E-state index in [4.69, 9.17) is 14.4 Å². The summed E-state index contributed by atoms with van der Waals surface area (Å²) in [4.78, 5) is 10.7. The van der Waals surface area contributed by atoms with Crippen molar-refractivity contribution >= 4 is 65.4 Å². The standard InChI is InChI=1S/C42H25N3O/c1-2-10-26(11-3-1)27-18-20-30(21-19-27)38-41-39(33-16-8-9-17-36(33)46-41)44-42(43-38)45-35-25-23-28-12-4-6-14-31(28)37(35)34-24-22-29-13-5-7-15-32(29)40(34)45/h1-25H. The summed E-state index contributed by atoms with van der Waals surface area (Å²) in [5, 5.41) is 8.11. The van der Waals surface area contributed by atoms with Gasteiger partial charge in [0.2, 0.25) is 5.95 Å². The Morgan fingerprint density at radius 1 is 0.457 bits per heavy atom. The Labute approximate surface area is 263 Å². The van der Waals surface area contributed by atoms with Gasteiger partial charge in [0.05, 0.1) is 11.0 Å². The molecule has 10 aromatic rings. The third-order valence-corrected chi connectivity index (χ3v) is 9.21. The van der Waals surface area contributed by atoms with E-state index in [9.17, 15) is 0 Å². The molecule has 4 nitrogen and oxygen atoms in total. The van der Waals surface area contributed by atoms with Crippen molar-refractivity contribution in [1.29, 1.82) is 0 Å². The Morgan fingerprint density at radius 3 is 1.91 bits per heavy atom. The fraction of sp³-hybridized carbons (Fsp3) is 0. The second kappa shape index (κ2) is 9.62. The van der Waals surface area contributed by atoms with Gasteiger partial charge >= 0.3 is 0 Å². The number of furan rings is 1. The van der Waals surface area contributed by atoms with Gasteiger partial charge in [-0.25, -0.2) is 9.97 Å². The highest BCUT2D eigenvalue weighted by Crippen LogP contribution is 2.41. The fourth-order valence-electron chi connectivity index (χ4n) is 7.08. The normalized spacial score (nSPS) is 11.9. The molecule has 3 aromatic heterocycles. The first-order chi connectivity index (χ1) is 22.8. The molecule has 0 radical (unpaired) electrons. The van der Waals surface area contributed by atoms with Gasteiger partial charge in [-0.15, -0.1) is 0 Å². The minimum absolute atomic E-state index is 0.618. The van der Waals surface area contributed by atoms with E-state index in [-0.39, 0.29) is 0 Å². The smallest absolute Gasteiger partial charge is 0.236 e. The Morgan fingerprint density at radius 2 is 1.09 bits per heavy atom. The summed E-state index contributed by atoms with van der Waals surface area (Å²) >= 11 is 0. The Bertz CT molecular complexity index is 2790. The molecule has 0 N–H and O–H groups in total. The summed E-state index contributed by atoms with van der Waals surface area (Å²) in [5.74, 6) is 0.618. The largest absolute Gasteiger partial charge is 0.452 e. The number of nitrogens with zero attached hydrogens (tertiary/aromatic N) is 3. The zero-order valence-electron chi connectivity index (χ0n) is 24.7. The lowest BCUT2D eigenvalue weighted by Gasteiger charge is -2.11. The minimum atomic E-state index is 0.618. The molecule has 0 fully saturated rings. The molecular weight excluding hydrogens is 562 g/mol. The van der Waals surface area contributed by atoms with Gasteiger partial charge in [0.25, 0.3) is 0 Å². The third-order valence-electron chi connectivity index (χ3n) is 9.21. The van der Waals surface area contributed by atoms with Crippen molar-refractivity contribution in [2.75, 3.05) is 0 Å². The average molecular weight is 588 g/mol. The van der Waals surface area contributed by atoms with E-state index in [0.29, 0.717) is 11.5 Å². The van der Waals surface area contributed by atoms with Crippen molar-refractivity contribution < 1.29 is 4.42 Å². The molecule has 0 spiro atoms. The molecule has 0 aliphatic carbocycles. The van der Waals surface area contributed by atoms with Crippen LogP contribution in [0, 0.1) is 0 Å². The van der Waals surface area contributed by atoms with Crippen LogP contribution in [0.5, 0.6) is 0 Å². The first kappa shape index (κ1) is 25.1. The van der Waals surface area contributed by atoms with E-state index >= 15 is 0 Å². The molecule has 7 aromatic carbocycles. The van der Waals surface area contributed by atoms with Crippen molar-refractivity contribution in [2.24, 2.45) is 0 Å². The first-order valence-corrected chi connectivity index (χ1v) is 15.5. The number of benzene rings is 7. The molecule has 46 heavy (non-hydrogen) atoms. The van der Waals surface area contributed by atoms with Crippen LogP contribution >= 0.6 is 0 Å². The van der Waals surface area contributed by atoms with Crippen LogP contribution in [0.1, 0.15) is 0 Å². The van der Waals surface area contributed by atoms with Gasteiger partial charge in [0.1, 0.15) is 16.8 Å². The van der Waals surface area contributed by atoms with Crippen molar-refractivity contribution in [3.63, 3.8) is 0 Å². The van der Waals surface area contributed by atoms with Gasteiger partial charge < -0.3 is 4.42 Å². The minimum Gasteiger partial charge on any atom is -0.452 e. The van der Waals surface area contributed by atoms with Crippen LogP contribution in [-0.4, -0.2) is 14.5 Å². The zero-order valence-corrected chi connectivity index (χ0v) is 24.7. The Hall–Kier alpha value is -6.26. The molecule has 0 bridgehead atoms. The van der Waals surface area contributed by atoms with Gasteiger partial charge in [0.15, 0.2) is 5.58 Å². The Kier molecular flexibility index (Phi) is 5.25. The lowest BCUT2D eigenvalue weighted by Crippen LogP contribution is -2.03.